The van der Waals surface area contributed by atoms with Gasteiger partial charge in [0.1, 0.15) is 0 Å². The lowest BCUT2D eigenvalue weighted by Crippen LogP contribution is -2.13. The molecule has 86 valence electrons. The molecule has 1 aromatic rings. The zero-order valence-corrected chi connectivity index (χ0v) is 9.90. The van der Waals surface area contributed by atoms with Gasteiger partial charge in [0.2, 0.25) is 0 Å². The number of aryl methyl sites for hydroxylation is 1. The van der Waals surface area contributed by atoms with E-state index in [4.69, 9.17) is 0 Å². The molecule has 1 aromatic carbocycles. The highest BCUT2D eigenvalue weighted by molar-refractivity contribution is 5.71. The predicted octanol–water partition coefficient (Wildman–Crippen LogP) is 3.07. The molecule has 0 radical (unpaired) electrons. The highest BCUT2D eigenvalue weighted by Crippen LogP contribution is 2.12. The summed E-state index contributed by atoms with van der Waals surface area (Å²) in [5.41, 5.74) is 2.35. The molecule has 1 atom stereocenters. The molecule has 0 aromatic heterocycles. The summed E-state index contributed by atoms with van der Waals surface area (Å²) in [5, 5.41) is 0. The zero-order valence-electron chi connectivity index (χ0n) is 9.90. The molecule has 16 heavy (non-hydrogen) atoms. The van der Waals surface area contributed by atoms with Crippen molar-refractivity contribution in [3.8, 4) is 0 Å². The highest BCUT2D eigenvalue weighted by Gasteiger charge is 2.12. The van der Waals surface area contributed by atoms with Crippen LogP contribution in [0.25, 0.3) is 6.08 Å². The van der Waals surface area contributed by atoms with E-state index >= 15 is 0 Å². The van der Waals surface area contributed by atoms with Crippen molar-refractivity contribution in [2.24, 2.45) is 5.92 Å². The molecule has 1 rings (SSSR count). The van der Waals surface area contributed by atoms with Gasteiger partial charge >= 0.3 is 5.97 Å². The zero-order chi connectivity index (χ0) is 12.0. The highest BCUT2D eigenvalue weighted by atomic mass is 16.5. The van der Waals surface area contributed by atoms with Crippen LogP contribution in [-0.4, -0.2) is 13.1 Å². The maximum absolute atomic E-state index is 11.2. The molecule has 0 bridgehead atoms. The second-order valence-corrected chi connectivity index (χ2v) is 3.91. The lowest BCUT2D eigenvalue weighted by atomic mass is 10.0. The van der Waals surface area contributed by atoms with E-state index in [0.717, 1.165) is 18.4 Å². The third-order valence-electron chi connectivity index (χ3n) is 2.69. The van der Waals surface area contributed by atoms with Gasteiger partial charge in [-0.3, -0.25) is 4.79 Å². The quantitative estimate of drug-likeness (QED) is 0.710. The van der Waals surface area contributed by atoms with Crippen molar-refractivity contribution in [1.82, 2.24) is 0 Å². The number of benzene rings is 1. The van der Waals surface area contributed by atoms with E-state index in [-0.39, 0.29) is 11.9 Å². The first kappa shape index (κ1) is 12.5. The van der Waals surface area contributed by atoms with E-state index in [9.17, 15) is 4.79 Å². The minimum atomic E-state index is -0.136. The normalized spacial score (nSPS) is 11.9. The fourth-order valence-corrected chi connectivity index (χ4v) is 1.52. The smallest absolute Gasteiger partial charge is 0.308 e. The third-order valence-corrected chi connectivity index (χ3v) is 2.69. The largest absolute Gasteiger partial charge is 0.469 e. The molecule has 0 fully saturated rings. The van der Waals surface area contributed by atoms with Crippen LogP contribution in [0.4, 0.5) is 0 Å². The molecule has 0 saturated carbocycles. The van der Waals surface area contributed by atoms with E-state index in [1.54, 1.807) is 0 Å². The fraction of sp³-hybridized carbons (Fsp3) is 0.357. The molecular weight excluding hydrogens is 200 g/mol. The summed E-state index contributed by atoms with van der Waals surface area (Å²) in [5.74, 6) is -0.174. The van der Waals surface area contributed by atoms with Gasteiger partial charge in [-0.1, -0.05) is 43.8 Å². The average molecular weight is 218 g/mol. The lowest BCUT2D eigenvalue weighted by Gasteiger charge is -2.08. The van der Waals surface area contributed by atoms with Crippen molar-refractivity contribution < 1.29 is 9.53 Å². The second kappa shape index (κ2) is 6.11. The summed E-state index contributed by atoms with van der Waals surface area (Å²) in [6.45, 7) is 5.60. The molecule has 0 N–H and O–H groups in total. The number of ether oxygens (including phenoxy) is 1. The van der Waals surface area contributed by atoms with Crippen LogP contribution in [0, 0.1) is 5.92 Å². The summed E-state index contributed by atoms with van der Waals surface area (Å²) in [6.07, 6.45) is 3.54. The Morgan fingerprint density at radius 2 is 2.06 bits per heavy atom. The number of hydrogen-bond donors (Lipinski definition) is 0. The van der Waals surface area contributed by atoms with E-state index < -0.39 is 0 Å². The SMILES string of the molecule is C=Cc1ccc(CC[C@H](C)C(=O)OC)cc1. The minimum absolute atomic E-state index is 0.0379. The van der Waals surface area contributed by atoms with Gasteiger partial charge in [0.25, 0.3) is 0 Å². The van der Waals surface area contributed by atoms with Gasteiger partial charge in [0.05, 0.1) is 13.0 Å². The Hall–Kier alpha value is -1.57. The van der Waals surface area contributed by atoms with Gasteiger partial charge in [0, 0.05) is 0 Å². The molecule has 0 aliphatic carbocycles. The molecule has 2 heteroatoms. The molecule has 0 heterocycles. The Balaban J connectivity index is 2.48. The third kappa shape index (κ3) is 3.54. The van der Waals surface area contributed by atoms with Gasteiger partial charge in [-0.2, -0.15) is 0 Å². The Morgan fingerprint density at radius 1 is 1.44 bits per heavy atom. The molecule has 0 aliphatic heterocycles. The van der Waals surface area contributed by atoms with Crippen molar-refractivity contribution in [2.75, 3.05) is 7.11 Å². The number of rotatable bonds is 5. The summed E-state index contributed by atoms with van der Waals surface area (Å²) in [6, 6.07) is 8.21. The van der Waals surface area contributed by atoms with Crippen molar-refractivity contribution in [3.05, 3.63) is 42.0 Å². The van der Waals surface area contributed by atoms with E-state index in [0.29, 0.717) is 0 Å². The van der Waals surface area contributed by atoms with Crippen LogP contribution < -0.4 is 0 Å². The molecule has 0 saturated heterocycles. The maximum atomic E-state index is 11.2. The fourth-order valence-electron chi connectivity index (χ4n) is 1.52. The van der Waals surface area contributed by atoms with Gasteiger partial charge < -0.3 is 4.74 Å². The number of carbonyl (C=O) groups excluding carboxylic acids is 1. The monoisotopic (exact) mass is 218 g/mol. The van der Waals surface area contributed by atoms with E-state index in [2.05, 4.69) is 23.4 Å². The van der Waals surface area contributed by atoms with Crippen LogP contribution in [0.1, 0.15) is 24.5 Å². The Bertz CT molecular complexity index is 352. The first-order valence-electron chi connectivity index (χ1n) is 5.46. The number of hydrogen-bond acceptors (Lipinski definition) is 2. The van der Waals surface area contributed by atoms with Crippen LogP contribution >= 0.6 is 0 Å². The summed E-state index contributed by atoms with van der Waals surface area (Å²) < 4.78 is 4.68. The first-order valence-corrected chi connectivity index (χ1v) is 5.46. The Morgan fingerprint density at radius 3 is 2.56 bits per heavy atom. The standard InChI is InChI=1S/C14H18O2/c1-4-12-7-9-13(10-8-12)6-5-11(2)14(15)16-3/h4,7-11H,1,5-6H2,2-3H3/t11-/m0/s1. The van der Waals surface area contributed by atoms with E-state index in [1.165, 1.54) is 12.7 Å². The van der Waals surface area contributed by atoms with E-state index in [1.807, 2.05) is 25.1 Å². The summed E-state index contributed by atoms with van der Waals surface area (Å²) >= 11 is 0. The first-order chi connectivity index (χ1) is 7.67. The van der Waals surface area contributed by atoms with Crippen LogP contribution in [0.2, 0.25) is 0 Å². The van der Waals surface area contributed by atoms with Gasteiger partial charge in [-0.05, 0) is 24.0 Å². The lowest BCUT2D eigenvalue weighted by molar-refractivity contribution is -0.145. The number of carbonyl (C=O) groups is 1. The van der Waals surface area contributed by atoms with Crippen LogP contribution in [0.3, 0.4) is 0 Å². The molecule has 2 nitrogen and oxygen atoms in total. The van der Waals surface area contributed by atoms with Crippen molar-refractivity contribution in [1.29, 1.82) is 0 Å². The predicted molar refractivity (Wildman–Crippen MR) is 66.0 cm³/mol. The summed E-state index contributed by atoms with van der Waals surface area (Å²) in [4.78, 5) is 11.2. The average Bonchev–Trinajstić information content (AvgIpc) is 2.35. The van der Waals surface area contributed by atoms with Crippen molar-refractivity contribution >= 4 is 12.0 Å². The van der Waals surface area contributed by atoms with Crippen LogP contribution in [0.15, 0.2) is 30.8 Å². The molecule has 0 spiro atoms. The molecular formula is C14H18O2. The Labute approximate surface area is 96.9 Å². The van der Waals surface area contributed by atoms with Gasteiger partial charge in [-0.25, -0.2) is 0 Å². The topological polar surface area (TPSA) is 26.3 Å². The minimum Gasteiger partial charge on any atom is -0.469 e. The molecule has 0 aliphatic rings. The van der Waals surface area contributed by atoms with Gasteiger partial charge in [0.15, 0.2) is 0 Å². The summed E-state index contributed by atoms with van der Waals surface area (Å²) in [7, 11) is 1.43. The number of methoxy groups -OCH3 is 1. The van der Waals surface area contributed by atoms with Gasteiger partial charge in [-0.15, -0.1) is 0 Å². The maximum Gasteiger partial charge on any atom is 0.308 e. The second-order valence-electron chi connectivity index (χ2n) is 3.91. The van der Waals surface area contributed by atoms with Crippen LogP contribution in [0.5, 0.6) is 0 Å². The van der Waals surface area contributed by atoms with Crippen LogP contribution in [-0.2, 0) is 16.0 Å². The Kier molecular flexibility index (Phi) is 4.77. The van der Waals surface area contributed by atoms with Crippen molar-refractivity contribution in [3.63, 3.8) is 0 Å². The molecule has 0 amide bonds. The van der Waals surface area contributed by atoms with Crippen molar-refractivity contribution in [2.45, 2.75) is 19.8 Å². The number of esters is 1. The molecule has 0 unspecified atom stereocenters.